The van der Waals surface area contributed by atoms with E-state index in [1.807, 2.05) is 33.9 Å². The van der Waals surface area contributed by atoms with Crippen LogP contribution in [0.25, 0.3) is 0 Å². The number of nitrogens with zero attached hydrogens (tertiary/aromatic N) is 3. The minimum atomic E-state index is -0.0136. The zero-order valence-corrected chi connectivity index (χ0v) is 8.28. The van der Waals surface area contributed by atoms with E-state index >= 15 is 0 Å². The highest BCUT2D eigenvalue weighted by molar-refractivity contribution is 4.97. The van der Waals surface area contributed by atoms with Crippen LogP contribution in [0.15, 0.2) is 6.20 Å². The molecule has 0 saturated carbocycles. The summed E-state index contributed by atoms with van der Waals surface area (Å²) in [5.41, 5.74) is 6.41. The van der Waals surface area contributed by atoms with Gasteiger partial charge in [-0.3, -0.25) is 4.68 Å². The molecule has 0 spiro atoms. The first kappa shape index (κ1) is 11.1. The van der Waals surface area contributed by atoms with E-state index < -0.39 is 0 Å². The number of hydrogen-bond acceptors (Lipinski definition) is 3. The molecule has 1 aromatic rings. The highest BCUT2D eigenvalue weighted by Crippen LogP contribution is 2.02. The summed E-state index contributed by atoms with van der Waals surface area (Å²) >= 11 is 0. The number of rotatable bonds is 2. The van der Waals surface area contributed by atoms with E-state index in [1.54, 1.807) is 4.68 Å². The lowest BCUT2D eigenvalue weighted by atomic mass is 10.3. The van der Waals surface area contributed by atoms with Crippen LogP contribution in [-0.4, -0.2) is 15.0 Å². The van der Waals surface area contributed by atoms with E-state index in [1.165, 1.54) is 0 Å². The van der Waals surface area contributed by atoms with Crippen molar-refractivity contribution in [2.45, 2.75) is 40.3 Å². The van der Waals surface area contributed by atoms with E-state index in [0.717, 1.165) is 12.2 Å². The predicted molar refractivity (Wildman–Crippen MR) is 49.6 cm³/mol. The molecule has 1 unspecified atom stereocenters. The highest BCUT2D eigenvalue weighted by Gasteiger charge is 2.02. The summed E-state index contributed by atoms with van der Waals surface area (Å²) in [6, 6.07) is -0.0136. The number of hydrogen-bond donors (Lipinski definition) is 1. The highest BCUT2D eigenvalue weighted by atomic mass is 15.4. The first-order valence-corrected chi connectivity index (χ1v) is 4.39. The van der Waals surface area contributed by atoms with Crippen molar-refractivity contribution in [1.29, 1.82) is 0 Å². The zero-order chi connectivity index (χ0) is 9.56. The van der Waals surface area contributed by atoms with Gasteiger partial charge >= 0.3 is 0 Å². The standard InChI is InChI=1S/C6H12N4.C2H6/c1-3-10-4-6(5(2)7)8-9-10;1-2/h4-5H,3,7H2,1-2H3;1-2H3. The lowest BCUT2D eigenvalue weighted by Gasteiger charge is -1.94. The molecular weight excluding hydrogens is 152 g/mol. The zero-order valence-electron chi connectivity index (χ0n) is 8.28. The molecule has 2 N–H and O–H groups in total. The van der Waals surface area contributed by atoms with Gasteiger partial charge in [-0.2, -0.15) is 0 Å². The Balaban J connectivity index is 0.000000561. The second kappa shape index (κ2) is 5.71. The molecule has 1 rings (SSSR count). The molecule has 0 saturated heterocycles. The Hall–Kier alpha value is -0.900. The first-order chi connectivity index (χ1) is 5.74. The van der Waals surface area contributed by atoms with Gasteiger partial charge in [0.2, 0.25) is 0 Å². The summed E-state index contributed by atoms with van der Waals surface area (Å²) in [6.45, 7) is 8.75. The van der Waals surface area contributed by atoms with E-state index in [2.05, 4.69) is 10.3 Å². The van der Waals surface area contributed by atoms with Crippen LogP contribution in [0.4, 0.5) is 0 Å². The Bertz CT molecular complexity index is 205. The summed E-state index contributed by atoms with van der Waals surface area (Å²) in [5, 5.41) is 7.72. The van der Waals surface area contributed by atoms with Crippen molar-refractivity contribution in [3.05, 3.63) is 11.9 Å². The smallest absolute Gasteiger partial charge is 0.0991 e. The number of aromatic nitrogens is 3. The van der Waals surface area contributed by atoms with Crippen molar-refractivity contribution in [3.63, 3.8) is 0 Å². The average molecular weight is 170 g/mol. The lowest BCUT2D eigenvalue weighted by molar-refractivity contribution is 0.626. The van der Waals surface area contributed by atoms with Gasteiger partial charge in [0.1, 0.15) is 0 Å². The quantitative estimate of drug-likeness (QED) is 0.728. The van der Waals surface area contributed by atoms with Crippen molar-refractivity contribution >= 4 is 0 Å². The lowest BCUT2D eigenvalue weighted by Crippen LogP contribution is -2.04. The Labute approximate surface area is 73.8 Å². The summed E-state index contributed by atoms with van der Waals surface area (Å²) < 4.78 is 1.76. The normalized spacial score (nSPS) is 11.8. The monoisotopic (exact) mass is 170 g/mol. The molecule has 1 heterocycles. The van der Waals surface area contributed by atoms with Gasteiger partial charge in [0, 0.05) is 18.8 Å². The van der Waals surface area contributed by atoms with Crippen LogP contribution in [0.1, 0.15) is 39.4 Å². The van der Waals surface area contributed by atoms with Gasteiger partial charge in [-0.1, -0.05) is 19.1 Å². The van der Waals surface area contributed by atoms with Crippen molar-refractivity contribution < 1.29 is 0 Å². The molecule has 0 aliphatic heterocycles. The molecule has 1 aromatic heterocycles. The minimum Gasteiger partial charge on any atom is -0.323 e. The molecule has 0 amide bonds. The van der Waals surface area contributed by atoms with Crippen molar-refractivity contribution in [2.75, 3.05) is 0 Å². The molecule has 0 aliphatic carbocycles. The molecule has 0 aromatic carbocycles. The maximum absolute atomic E-state index is 5.57. The van der Waals surface area contributed by atoms with Gasteiger partial charge in [-0.25, -0.2) is 0 Å². The Morgan fingerprint density at radius 3 is 2.42 bits per heavy atom. The second-order valence-corrected chi connectivity index (χ2v) is 2.29. The van der Waals surface area contributed by atoms with Crippen LogP contribution < -0.4 is 5.73 Å². The van der Waals surface area contributed by atoms with Crippen LogP contribution in [-0.2, 0) is 6.54 Å². The van der Waals surface area contributed by atoms with Crippen LogP contribution in [0.5, 0.6) is 0 Å². The fourth-order valence-electron chi connectivity index (χ4n) is 0.677. The Kier molecular flexibility index (Phi) is 5.28. The van der Waals surface area contributed by atoms with Gasteiger partial charge in [0.25, 0.3) is 0 Å². The van der Waals surface area contributed by atoms with Gasteiger partial charge < -0.3 is 5.73 Å². The maximum Gasteiger partial charge on any atom is 0.0991 e. The molecule has 0 aliphatic rings. The molecule has 0 radical (unpaired) electrons. The molecule has 70 valence electrons. The van der Waals surface area contributed by atoms with Gasteiger partial charge in [-0.05, 0) is 13.8 Å². The van der Waals surface area contributed by atoms with Crippen molar-refractivity contribution in [3.8, 4) is 0 Å². The van der Waals surface area contributed by atoms with Gasteiger partial charge in [-0.15, -0.1) is 5.10 Å². The Morgan fingerprint density at radius 1 is 1.58 bits per heavy atom. The van der Waals surface area contributed by atoms with E-state index in [0.29, 0.717) is 0 Å². The predicted octanol–water partition coefficient (Wildman–Crippen LogP) is 1.34. The third-order valence-electron chi connectivity index (χ3n) is 1.35. The van der Waals surface area contributed by atoms with Gasteiger partial charge in [0.15, 0.2) is 0 Å². The van der Waals surface area contributed by atoms with Crippen molar-refractivity contribution in [1.82, 2.24) is 15.0 Å². The topological polar surface area (TPSA) is 56.7 Å². The minimum absolute atomic E-state index is 0.0136. The van der Waals surface area contributed by atoms with E-state index in [4.69, 9.17) is 5.73 Å². The molecule has 12 heavy (non-hydrogen) atoms. The third kappa shape index (κ3) is 3.00. The molecular formula is C8H18N4. The fraction of sp³-hybridized carbons (Fsp3) is 0.750. The summed E-state index contributed by atoms with van der Waals surface area (Å²) in [4.78, 5) is 0. The summed E-state index contributed by atoms with van der Waals surface area (Å²) in [6.07, 6.45) is 1.87. The molecule has 4 nitrogen and oxygen atoms in total. The van der Waals surface area contributed by atoms with Crippen molar-refractivity contribution in [2.24, 2.45) is 5.73 Å². The molecule has 0 bridgehead atoms. The second-order valence-electron chi connectivity index (χ2n) is 2.29. The SMILES string of the molecule is CC.CCn1cc(C(C)N)nn1. The van der Waals surface area contributed by atoms with Crippen LogP contribution in [0, 0.1) is 0 Å². The van der Waals surface area contributed by atoms with E-state index in [9.17, 15) is 0 Å². The number of nitrogens with two attached hydrogens (primary N) is 1. The van der Waals surface area contributed by atoms with E-state index in [-0.39, 0.29) is 6.04 Å². The first-order valence-electron chi connectivity index (χ1n) is 4.39. The summed E-state index contributed by atoms with van der Waals surface area (Å²) in [7, 11) is 0. The fourth-order valence-corrected chi connectivity index (χ4v) is 0.677. The third-order valence-corrected chi connectivity index (χ3v) is 1.35. The van der Waals surface area contributed by atoms with Crippen LogP contribution in [0.2, 0.25) is 0 Å². The molecule has 4 heteroatoms. The Morgan fingerprint density at radius 2 is 2.17 bits per heavy atom. The average Bonchev–Trinajstić information content (AvgIpc) is 2.55. The van der Waals surface area contributed by atoms with Crippen LogP contribution >= 0.6 is 0 Å². The van der Waals surface area contributed by atoms with Crippen LogP contribution in [0.3, 0.4) is 0 Å². The molecule has 1 atom stereocenters. The summed E-state index contributed by atoms with van der Waals surface area (Å²) in [5.74, 6) is 0. The maximum atomic E-state index is 5.57. The molecule has 0 fully saturated rings. The van der Waals surface area contributed by atoms with Gasteiger partial charge in [0.05, 0.1) is 5.69 Å². The number of aryl methyl sites for hydroxylation is 1. The largest absolute Gasteiger partial charge is 0.323 e.